The highest BCUT2D eigenvalue weighted by Gasteiger charge is 1.92. The van der Waals surface area contributed by atoms with Crippen LogP contribution in [0.25, 0.3) is 0 Å². The van der Waals surface area contributed by atoms with Gasteiger partial charge in [0.05, 0.1) is 6.61 Å². The van der Waals surface area contributed by atoms with Gasteiger partial charge in [-0.15, -0.1) is 0 Å². The molecule has 0 aliphatic heterocycles. The molecule has 0 atom stereocenters. The number of unbranched alkanes of at least 4 members (excludes halogenated alkanes) is 1. The minimum absolute atomic E-state index is 0.488. The number of hydrogen-bond donors (Lipinski definition) is 0. The SMILES string of the molecule is C/C=C\COCC#Cc1ccc(CCCC)cc1.CC. The van der Waals surface area contributed by atoms with Crippen LogP contribution in [0.4, 0.5) is 0 Å². The maximum absolute atomic E-state index is 5.31. The standard InChI is InChI=1S/C17H22O.C2H6/c1-3-5-8-16-10-12-17(13-11-16)9-7-15-18-14-6-4-2;1-2/h4,6,10-13H,3,5,8,14-15H2,1-2H3;1-2H3/b6-4-;. The Labute approximate surface area is 125 Å². The predicted molar refractivity (Wildman–Crippen MR) is 88.9 cm³/mol. The molecule has 0 fully saturated rings. The summed E-state index contributed by atoms with van der Waals surface area (Å²) in [7, 11) is 0. The highest BCUT2D eigenvalue weighted by atomic mass is 16.5. The summed E-state index contributed by atoms with van der Waals surface area (Å²) < 4.78 is 5.31. The van der Waals surface area contributed by atoms with Gasteiger partial charge in [0.25, 0.3) is 0 Å². The second-order valence-electron chi connectivity index (χ2n) is 4.19. The zero-order valence-electron chi connectivity index (χ0n) is 13.4. The van der Waals surface area contributed by atoms with E-state index in [4.69, 9.17) is 4.74 Å². The van der Waals surface area contributed by atoms with Crippen molar-refractivity contribution in [1.29, 1.82) is 0 Å². The highest BCUT2D eigenvalue weighted by Crippen LogP contribution is 2.06. The number of ether oxygens (including phenoxy) is 1. The Hall–Kier alpha value is -1.52. The van der Waals surface area contributed by atoms with Gasteiger partial charge in [-0.1, -0.05) is 63.3 Å². The first-order valence-corrected chi connectivity index (χ1v) is 7.63. The van der Waals surface area contributed by atoms with Gasteiger partial charge >= 0.3 is 0 Å². The van der Waals surface area contributed by atoms with Crippen molar-refractivity contribution in [2.45, 2.75) is 47.0 Å². The number of aryl methyl sites for hydroxylation is 1. The molecule has 0 spiro atoms. The van der Waals surface area contributed by atoms with Crippen LogP contribution in [0.15, 0.2) is 36.4 Å². The average molecular weight is 272 g/mol. The Morgan fingerprint density at radius 1 is 1.15 bits per heavy atom. The van der Waals surface area contributed by atoms with Gasteiger partial charge in [0.2, 0.25) is 0 Å². The van der Waals surface area contributed by atoms with Crippen LogP contribution >= 0.6 is 0 Å². The molecule has 1 rings (SSSR count). The molecule has 0 aromatic heterocycles. The summed E-state index contributed by atoms with van der Waals surface area (Å²) >= 11 is 0. The molecular formula is C19H28O. The van der Waals surface area contributed by atoms with Crippen molar-refractivity contribution in [3.8, 4) is 11.8 Å². The van der Waals surface area contributed by atoms with E-state index in [2.05, 4.69) is 43.0 Å². The number of benzene rings is 1. The topological polar surface area (TPSA) is 9.23 Å². The van der Waals surface area contributed by atoms with E-state index < -0.39 is 0 Å². The van der Waals surface area contributed by atoms with E-state index >= 15 is 0 Å². The summed E-state index contributed by atoms with van der Waals surface area (Å²) in [5.74, 6) is 6.12. The smallest absolute Gasteiger partial charge is 0.108 e. The lowest BCUT2D eigenvalue weighted by atomic mass is 10.1. The molecule has 20 heavy (non-hydrogen) atoms. The lowest BCUT2D eigenvalue weighted by molar-refractivity contribution is 0.199. The van der Waals surface area contributed by atoms with Gasteiger partial charge in [0, 0.05) is 5.56 Å². The zero-order valence-corrected chi connectivity index (χ0v) is 13.4. The number of rotatable bonds is 6. The van der Waals surface area contributed by atoms with Gasteiger partial charge in [-0.3, -0.25) is 0 Å². The molecule has 0 bridgehead atoms. The number of hydrogen-bond acceptors (Lipinski definition) is 1. The molecule has 0 heterocycles. The van der Waals surface area contributed by atoms with Crippen molar-refractivity contribution < 1.29 is 4.74 Å². The molecule has 0 aliphatic rings. The maximum atomic E-state index is 5.31. The summed E-state index contributed by atoms with van der Waals surface area (Å²) in [4.78, 5) is 0. The second kappa shape index (κ2) is 13.9. The van der Waals surface area contributed by atoms with Crippen LogP contribution in [0, 0.1) is 11.8 Å². The fraction of sp³-hybridized carbons (Fsp3) is 0.474. The third kappa shape index (κ3) is 9.42. The van der Waals surface area contributed by atoms with Crippen LogP contribution in [0.3, 0.4) is 0 Å². The maximum Gasteiger partial charge on any atom is 0.108 e. The molecular weight excluding hydrogens is 244 g/mol. The zero-order chi connectivity index (χ0) is 15.1. The molecule has 0 N–H and O–H groups in total. The van der Waals surface area contributed by atoms with Crippen LogP contribution < -0.4 is 0 Å². The molecule has 0 radical (unpaired) electrons. The summed E-state index contributed by atoms with van der Waals surface area (Å²) in [5.41, 5.74) is 2.46. The quantitative estimate of drug-likeness (QED) is 0.402. The Morgan fingerprint density at radius 2 is 1.85 bits per heavy atom. The van der Waals surface area contributed by atoms with Gasteiger partial charge in [-0.25, -0.2) is 0 Å². The minimum atomic E-state index is 0.488. The van der Waals surface area contributed by atoms with Crippen LogP contribution in [-0.4, -0.2) is 13.2 Å². The lowest BCUT2D eigenvalue weighted by Gasteiger charge is -1.99. The van der Waals surface area contributed by atoms with Crippen molar-refractivity contribution in [1.82, 2.24) is 0 Å². The van der Waals surface area contributed by atoms with Gasteiger partial charge in [-0.05, 0) is 37.5 Å². The normalized spacial score (nSPS) is 9.60. The Kier molecular flexibility index (Phi) is 12.8. The summed E-state index contributed by atoms with van der Waals surface area (Å²) in [6.45, 7) is 9.33. The monoisotopic (exact) mass is 272 g/mol. The molecule has 110 valence electrons. The first-order valence-electron chi connectivity index (χ1n) is 7.63. The Balaban J connectivity index is 0.00000172. The van der Waals surface area contributed by atoms with E-state index in [1.54, 1.807) is 0 Å². The van der Waals surface area contributed by atoms with E-state index in [1.807, 2.05) is 32.9 Å². The van der Waals surface area contributed by atoms with Gasteiger partial charge in [-0.2, -0.15) is 0 Å². The van der Waals surface area contributed by atoms with Crippen molar-refractivity contribution in [3.05, 3.63) is 47.5 Å². The molecule has 0 saturated carbocycles. The molecule has 1 heteroatoms. The minimum Gasteiger partial charge on any atom is -0.365 e. The third-order valence-corrected chi connectivity index (χ3v) is 2.63. The molecule has 1 aromatic carbocycles. The van der Waals surface area contributed by atoms with E-state index in [9.17, 15) is 0 Å². The number of allylic oxidation sites excluding steroid dienone is 1. The molecule has 0 saturated heterocycles. The molecule has 0 unspecified atom stereocenters. The summed E-state index contributed by atoms with van der Waals surface area (Å²) in [5, 5.41) is 0. The van der Waals surface area contributed by atoms with Crippen molar-refractivity contribution >= 4 is 0 Å². The third-order valence-electron chi connectivity index (χ3n) is 2.63. The van der Waals surface area contributed by atoms with Gasteiger partial charge in [0.15, 0.2) is 0 Å². The molecule has 0 aliphatic carbocycles. The van der Waals surface area contributed by atoms with Crippen LogP contribution in [0.2, 0.25) is 0 Å². The first-order chi connectivity index (χ1) is 9.86. The van der Waals surface area contributed by atoms with Crippen molar-refractivity contribution in [2.24, 2.45) is 0 Å². The molecule has 1 nitrogen and oxygen atoms in total. The van der Waals surface area contributed by atoms with E-state index in [1.165, 1.54) is 18.4 Å². The van der Waals surface area contributed by atoms with E-state index in [0.29, 0.717) is 13.2 Å². The van der Waals surface area contributed by atoms with Crippen LogP contribution in [0.1, 0.15) is 51.7 Å². The first kappa shape index (κ1) is 18.5. The van der Waals surface area contributed by atoms with E-state index in [-0.39, 0.29) is 0 Å². The van der Waals surface area contributed by atoms with Crippen molar-refractivity contribution in [2.75, 3.05) is 13.2 Å². The fourth-order valence-electron chi connectivity index (χ4n) is 1.55. The van der Waals surface area contributed by atoms with Gasteiger partial charge < -0.3 is 4.74 Å². The Bertz CT molecular complexity index is 404. The molecule has 0 amide bonds. The summed E-state index contributed by atoms with van der Waals surface area (Å²) in [6, 6.07) is 8.51. The highest BCUT2D eigenvalue weighted by molar-refractivity contribution is 5.36. The largest absolute Gasteiger partial charge is 0.365 e. The van der Waals surface area contributed by atoms with Gasteiger partial charge in [0.1, 0.15) is 6.61 Å². The fourth-order valence-corrected chi connectivity index (χ4v) is 1.55. The van der Waals surface area contributed by atoms with Crippen LogP contribution in [0.5, 0.6) is 0 Å². The second-order valence-corrected chi connectivity index (χ2v) is 4.19. The Morgan fingerprint density at radius 3 is 2.45 bits per heavy atom. The predicted octanol–water partition coefficient (Wildman–Crippen LogP) is 5.00. The molecule has 1 aromatic rings. The van der Waals surface area contributed by atoms with Crippen molar-refractivity contribution in [3.63, 3.8) is 0 Å². The van der Waals surface area contributed by atoms with E-state index in [0.717, 1.165) is 12.0 Å². The summed E-state index contributed by atoms with van der Waals surface area (Å²) in [6.07, 6.45) is 7.61. The lowest BCUT2D eigenvalue weighted by Crippen LogP contribution is -1.90. The van der Waals surface area contributed by atoms with Crippen LogP contribution in [-0.2, 0) is 11.2 Å². The average Bonchev–Trinajstić information content (AvgIpc) is 2.52.